The molecule has 2 aromatic rings. The smallest absolute Gasteiger partial charge is 0.00527 e. The predicted octanol–water partition coefficient (Wildman–Crippen LogP) is 7.18. The monoisotopic (exact) mass is 354 g/mol. The average Bonchev–Trinajstić information content (AvgIpc) is 3.44. The van der Waals surface area contributed by atoms with Crippen molar-refractivity contribution in [2.75, 3.05) is 0 Å². The second-order valence-corrected chi connectivity index (χ2v) is 10.6. The summed E-state index contributed by atoms with van der Waals surface area (Å²) in [6, 6.07) is 14.4. The van der Waals surface area contributed by atoms with Gasteiger partial charge in [0.1, 0.15) is 0 Å². The summed E-state index contributed by atoms with van der Waals surface area (Å²) in [4.78, 5) is 0. The molecule has 5 aliphatic carbocycles. The SMILES string of the molecule is Cc1ccc(-c2ccc(C3CC4CCC3C4)c3c2C2C4CCC(C4)C32)cc1. The molecule has 0 saturated heterocycles. The second-order valence-electron chi connectivity index (χ2n) is 10.6. The van der Waals surface area contributed by atoms with Gasteiger partial charge in [-0.3, -0.25) is 0 Å². The topological polar surface area (TPSA) is 0 Å². The predicted molar refractivity (Wildman–Crippen MR) is 111 cm³/mol. The van der Waals surface area contributed by atoms with Crippen LogP contribution in [0.3, 0.4) is 0 Å². The van der Waals surface area contributed by atoms with Crippen molar-refractivity contribution in [2.45, 2.75) is 69.6 Å². The van der Waals surface area contributed by atoms with E-state index in [9.17, 15) is 0 Å². The van der Waals surface area contributed by atoms with Crippen molar-refractivity contribution in [3.63, 3.8) is 0 Å². The van der Waals surface area contributed by atoms with E-state index in [2.05, 4.69) is 43.3 Å². The highest BCUT2D eigenvalue weighted by Crippen LogP contribution is 2.71. The highest BCUT2D eigenvalue weighted by atomic mass is 14.6. The van der Waals surface area contributed by atoms with Crippen molar-refractivity contribution in [1.82, 2.24) is 0 Å². The number of rotatable bonds is 2. The molecule has 27 heavy (non-hydrogen) atoms. The lowest BCUT2D eigenvalue weighted by Gasteiger charge is -2.47. The fourth-order valence-corrected chi connectivity index (χ4v) is 8.34. The number of fused-ring (bicyclic) bond motifs is 10. The zero-order valence-corrected chi connectivity index (χ0v) is 16.5. The normalized spacial score (nSPS) is 40.1. The van der Waals surface area contributed by atoms with Crippen molar-refractivity contribution < 1.29 is 0 Å². The third-order valence-corrected chi connectivity index (χ3v) is 9.40. The molecule has 138 valence electrons. The van der Waals surface area contributed by atoms with Gasteiger partial charge in [0.05, 0.1) is 0 Å². The minimum Gasteiger partial charge on any atom is -0.0587 e. The van der Waals surface area contributed by atoms with E-state index in [1.165, 1.54) is 56.1 Å². The molecule has 0 radical (unpaired) electrons. The minimum absolute atomic E-state index is 0.893. The van der Waals surface area contributed by atoms with Crippen molar-refractivity contribution in [2.24, 2.45) is 23.7 Å². The fourth-order valence-electron chi connectivity index (χ4n) is 8.34. The summed E-state index contributed by atoms with van der Waals surface area (Å²) in [6.07, 6.45) is 10.6. The zero-order valence-electron chi connectivity index (χ0n) is 16.5. The van der Waals surface area contributed by atoms with Gasteiger partial charge in [-0.25, -0.2) is 0 Å². The Bertz CT molecular complexity index is 920. The van der Waals surface area contributed by atoms with Crippen LogP contribution in [0.5, 0.6) is 0 Å². The van der Waals surface area contributed by atoms with Crippen LogP contribution in [0.25, 0.3) is 11.1 Å². The molecular formula is C27H30. The van der Waals surface area contributed by atoms with Gasteiger partial charge in [0.25, 0.3) is 0 Å². The van der Waals surface area contributed by atoms with Crippen molar-refractivity contribution in [3.8, 4) is 11.1 Å². The van der Waals surface area contributed by atoms with Gasteiger partial charge in [0.2, 0.25) is 0 Å². The van der Waals surface area contributed by atoms with Gasteiger partial charge in [-0.15, -0.1) is 0 Å². The quantitative estimate of drug-likeness (QED) is 0.536. The van der Waals surface area contributed by atoms with E-state index in [4.69, 9.17) is 0 Å². The Morgan fingerprint density at radius 3 is 2.11 bits per heavy atom. The molecule has 0 aromatic heterocycles. The van der Waals surface area contributed by atoms with Gasteiger partial charge in [0, 0.05) is 0 Å². The van der Waals surface area contributed by atoms with E-state index in [-0.39, 0.29) is 0 Å². The van der Waals surface area contributed by atoms with Crippen LogP contribution >= 0.6 is 0 Å². The van der Waals surface area contributed by atoms with E-state index >= 15 is 0 Å². The van der Waals surface area contributed by atoms with Crippen molar-refractivity contribution in [1.29, 1.82) is 0 Å². The third-order valence-electron chi connectivity index (χ3n) is 9.40. The summed E-state index contributed by atoms with van der Waals surface area (Å²) in [7, 11) is 0. The lowest BCUT2D eigenvalue weighted by molar-refractivity contribution is 0.315. The minimum atomic E-state index is 0.893. The van der Waals surface area contributed by atoms with Crippen LogP contribution in [0.15, 0.2) is 36.4 Å². The number of benzene rings is 2. The molecule has 0 spiro atoms. The highest BCUT2D eigenvalue weighted by Gasteiger charge is 2.57. The number of aryl methyl sites for hydroxylation is 1. The van der Waals surface area contributed by atoms with Crippen molar-refractivity contribution in [3.05, 3.63) is 58.7 Å². The molecule has 5 aliphatic rings. The largest absolute Gasteiger partial charge is 0.0587 e. The van der Waals surface area contributed by atoms with E-state index in [1.54, 1.807) is 11.1 Å². The fraction of sp³-hybridized carbons (Fsp3) is 0.556. The molecule has 7 rings (SSSR count). The summed E-state index contributed by atoms with van der Waals surface area (Å²) in [5, 5.41) is 0. The first kappa shape index (κ1) is 15.4. The van der Waals surface area contributed by atoms with Crippen LogP contribution in [0.1, 0.15) is 85.0 Å². The second kappa shape index (κ2) is 5.28. The van der Waals surface area contributed by atoms with Crippen LogP contribution in [-0.4, -0.2) is 0 Å². The van der Waals surface area contributed by atoms with E-state index in [1.807, 2.05) is 11.1 Å². The van der Waals surface area contributed by atoms with E-state index < -0.39 is 0 Å². The van der Waals surface area contributed by atoms with Crippen molar-refractivity contribution >= 4 is 0 Å². The summed E-state index contributed by atoms with van der Waals surface area (Å²) in [6.45, 7) is 2.20. The molecule has 4 saturated carbocycles. The molecule has 0 heterocycles. The van der Waals surface area contributed by atoms with Gasteiger partial charge >= 0.3 is 0 Å². The average molecular weight is 355 g/mol. The molecule has 0 amide bonds. The summed E-state index contributed by atoms with van der Waals surface area (Å²) >= 11 is 0. The number of hydrogen-bond acceptors (Lipinski definition) is 0. The molecular weight excluding hydrogens is 324 g/mol. The molecule has 0 aliphatic heterocycles. The molecule has 2 aromatic carbocycles. The van der Waals surface area contributed by atoms with Crippen LogP contribution in [0, 0.1) is 30.6 Å². The number of hydrogen-bond donors (Lipinski definition) is 0. The van der Waals surface area contributed by atoms with Crippen LogP contribution in [0.2, 0.25) is 0 Å². The Hall–Kier alpha value is -1.56. The molecule has 0 N–H and O–H groups in total. The maximum atomic E-state index is 2.58. The van der Waals surface area contributed by atoms with Gasteiger partial charge in [0.15, 0.2) is 0 Å². The lowest BCUT2D eigenvalue weighted by atomic mass is 9.57. The zero-order chi connectivity index (χ0) is 17.7. The third kappa shape index (κ3) is 1.95. The first-order chi connectivity index (χ1) is 13.3. The molecule has 7 unspecified atom stereocenters. The van der Waals surface area contributed by atoms with Gasteiger partial charge < -0.3 is 0 Å². The Kier molecular flexibility index (Phi) is 3.01. The standard InChI is InChI=1S/C27H30/c1-15-2-5-17(6-3-15)21-10-11-22(23-13-16-4-7-18(23)12-16)27-25-20-9-8-19(14-20)24(25)26(21)27/h2-3,5-6,10-11,16,18-20,23-25H,4,7-9,12-14H2,1H3. The van der Waals surface area contributed by atoms with E-state index in [0.717, 1.165) is 41.4 Å². The highest BCUT2D eigenvalue weighted by molar-refractivity contribution is 5.75. The first-order valence-electron chi connectivity index (χ1n) is 11.5. The Balaban J connectivity index is 1.40. The Morgan fingerprint density at radius 2 is 1.41 bits per heavy atom. The van der Waals surface area contributed by atoms with Crippen LogP contribution < -0.4 is 0 Å². The Morgan fingerprint density at radius 1 is 0.667 bits per heavy atom. The lowest BCUT2D eigenvalue weighted by Crippen LogP contribution is -2.33. The summed E-state index contributed by atoms with van der Waals surface area (Å²) in [5.74, 6) is 6.77. The van der Waals surface area contributed by atoms with E-state index in [0.29, 0.717) is 0 Å². The molecule has 0 nitrogen and oxygen atoms in total. The molecule has 7 atom stereocenters. The van der Waals surface area contributed by atoms with Crippen LogP contribution in [-0.2, 0) is 0 Å². The van der Waals surface area contributed by atoms with Gasteiger partial charge in [-0.2, -0.15) is 0 Å². The van der Waals surface area contributed by atoms with Gasteiger partial charge in [-0.1, -0.05) is 48.4 Å². The maximum absolute atomic E-state index is 2.58. The summed E-state index contributed by atoms with van der Waals surface area (Å²) < 4.78 is 0. The van der Waals surface area contributed by atoms with Gasteiger partial charge in [-0.05, 0) is 115 Å². The summed E-state index contributed by atoms with van der Waals surface area (Å²) in [5.41, 5.74) is 9.87. The molecule has 0 heteroatoms. The Labute approximate surface area is 163 Å². The first-order valence-corrected chi connectivity index (χ1v) is 11.5. The maximum Gasteiger partial charge on any atom is -0.00527 e. The van der Waals surface area contributed by atoms with Crippen LogP contribution in [0.4, 0.5) is 0 Å². The molecule has 4 fully saturated rings. The molecule has 4 bridgehead atoms.